The Kier molecular flexibility index (Phi) is 5.23. The van der Waals surface area contributed by atoms with E-state index < -0.39 is 0 Å². The van der Waals surface area contributed by atoms with Gasteiger partial charge in [-0.05, 0) is 42.0 Å². The van der Waals surface area contributed by atoms with E-state index in [1.54, 1.807) is 17.0 Å². The SMILES string of the molecule is O=C([C@@H]1CC(=O)N(c2ccc(F)cc2)C1)N1CCN(Cc2ccc3c(c2)OCO3)CC1. The van der Waals surface area contributed by atoms with E-state index in [4.69, 9.17) is 9.47 Å². The van der Waals surface area contributed by atoms with E-state index in [1.807, 2.05) is 23.1 Å². The summed E-state index contributed by atoms with van der Waals surface area (Å²) in [6, 6.07) is 11.8. The first-order valence-electron chi connectivity index (χ1n) is 10.5. The molecule has 3 aliphatic rings. The number of hydrogen-bond acceptors (Lipinski definition) is 5. The van der Waals surface area contributed by atoms with Gasteiger partial charge in [0.1, 0.15) is 5.82 Å². The van der Waals surface area contributed by atoms with Crippen LogP contribution in [-0.2, 0) is 16.1 Å². The molecule has 0 unspecified atom stereocenters. The lowest BCUT2D eigenvalue weighted by molar-refractivity contribution is -0.137. The summed E-state index contributed by atoms with van der Waals surface area (Å²) in [5.74, 6) is 0.801. The van der Waals surface area contributed by atoms with E-state index in [2.05, 4.69) is 4.90 Å². The van der Waals surface area contributed by atoms with E-state index in [-0.39, 0.29) is 36.8 Å². The molecule has 2 saturated heterocycles. The van der Waals surface area contributed by atoms with Gasteiger partial charge in [0.2, 0.25) is 18.6 Å². The molecular formula is C23H24FN3O4. The second kappa shape index (κ2) is 8.19. The molecule has 0 saturated carbocycles. The van der Waals surface area contributed by atoms with Crippen molar-refractivity contribution in [1.82, 2.24) is 9.80 Å². The van der Waals surface area contributed by atoms with Crippen molar-refractivity contribution in [2.45, 2.75) is 13.0 Å². The van der Waals surface area contributed by atoms with Gasteiger partial charge in [0.05, 0.1) is 5.92 Å². The summed E-state index contributed by atoms with van der Waals surface area (Å²) in [6.45, 7) is 4.25. The van der Waals surface area contributed by atoms with Crippen LogP contribution in [0.25, 0.3) is 0 Å². The number of amides is 2. The Morgan fingerprint density at radius 1 is 1.00 bits per heavy atom. The summed E-state index contributed by atoms with van der Waals surface area (Å²) < 4.78 is 24.0. The van der Waals surface area contributed by atoms with E-state index >= 15 is 0 Å². The van der Waals surface area contributed by atoms with Crippen LogP contribution in [0.15, 0.2) is 42.5 Å². The molecule has 1 atom stereocenters. The molecule has 3 heterocycles. The van der Waals surface area contributed by atoms with Crippen molar-refractivity contribution in [2.75, 3.05) is 44.4 Å². The summed E-state index contributed by atoms with van der Waals surface area (Å²) >= 11 is 0. The maximum Gasteiger partial charge on any atom is 0.231 e. The van der Waals surface area contributed by atoms with Crippen LogP contribution < -0.4 is 14.4 Å². The Labute approximate surface area is 179 Å². The molecule has 162 valence electrons. The zero-order chi connectivity index (χ0) is 21.4. The van der Waals surface area contributed by atoms with Gasteiger partial charge in [-0.1, -0.05) is 6.07 Å². The molecule has 2 fully saturated rings. The third-order valence-electron chi connectivity index (χ3n) is 6.14. The lowest BCUT2D eigenvalue weighted by Gasteiger charge is -2.36. The molecular weight excluding hydrogens is 401 g/mol. The van der Waals surface area contributed by atoms with Crippen LogP contribution in [0.4, 0.5) is 10.1 Å². The zero-order valence-corrected chi connectivity index (χ0v) is 17.1. The van der Waals surface area contributed by atoms with E-state index in [0.717, 1.165) is 36.7 Å². The molecule has 0 bridgehead atoms. The molecule has 3 aliphatic heterocycles. The number of halogens is 1. The molecule has 2 amide bonds. The Bertz CT molecular complexity index is 989. The molecule has 0 N–H and O–H groups in total. The highest BCUT2D eigenvalue weighted by Crippen LogP contribution is 2.33. The average Bonchev–Trinajstić information content (AvgIpc) is 3.40. The second-order valence-corrected chi connectivity index (χ2v) is 8.17. The number of nitrogens with zero attached hydrogens (tertiary/aromatic N) is 3. The minimum Gasteiger partial charge on any atom is -0.454 e. The molecule has 8 heteroatoms. The minimum absolute atomic E-state index is 0.0284. The van der Waals surface area contributed by atoms with Crippen molar-refractivity contribution in [3.05, 3.63) is 53.8 Å². The van der Waals surface area contributed by atoms with Crippen molar-refractivity contribution in [3.63, 3.8) is 0 Å². The molecule has 0 spiro atoms. The summed E-state index contributed by atoms with van der Waals surface area (Å²) in [7, 11) is 0. The maximum atomic E-state index is 13.2. The molecule has 7 nitrogen and oxygen atoms in total. The molecule has 31 heavy (non-hydrogen) atoms. The van der Waals surface area contributed by atoms with Gasteiger partial charge in [0.25, 0.3) is 0 Å². The van der Waals surface area contributed by atoms with Crippen LogP contribution in [0.3, 0.4) is 0 Å². The van der Waals surface area contributed by atoms with Gasteiger partial charge in [0.15, 0.2) is 11.5 Å². The van der Waals surface area contributed by atoms with Crippen molar-refractivity contribution in [3.8, 4) is 11.5 Å². The number of carbonyl (C=O) groups is 2. The summed E-state index contributed by atoms with van der Waals surface area (Å²) in [6.07, 6.45) is 0.202. The number of fused-ring (bicyclic) bond motifs is 1. The number of piperazine rings is 1. The number of ether oxygens (including phenoxy) is 2. The number of anilines is 1. The molecule has 2 aromatic rings. The third-order valence-corrected chi connectivity index (χ3v) is 6.14. The fraction of sp³-hybridized carbons (Fsp3) is 0.391. The Hall–Kier alpha value is -3.13. The number of rotatable bonds is 4. The standard InChI is InChI=1S/C23H24FN3O4/c24-18-2-4-19(5-3-18)27-14-17(12-22(27)28)23(29)26-9-7-25(8-10-26)13-16-1-6-20-21(11-16)31-15-30-20/h1-6,11,17H,7-10,12-15H2/t17-/m1/s1. The van der Waals surface area contributed by atoms with Gasteiger partial charge in [-0.3, -0.25) is 14.5 Å². The van der Waals surface area contributed by atoms with E-state index in [9.17, 15) is 14.0 Å². The van der Waals surface area contributed by atoms with Gasteiger partial charge in [-0.25, -0.2) is 4.39 Å². The fourth-order valence-corrected chi connectivity index (χ4v) is 4.43. The molecule has 2 aromatic carbocycles. The van der Waals surface area contributed by atoms with Gasteiger partial charge in [0, 0.05) is 51.4 Å². The molecule has 0 aliphatic carbocycles. The average molecular weight is 425 g/mol. The highest BCUT2D eigenvalue weighted by atomic mass is 19.1. The number of carbonyl (C=O) groups excluding carboxylic acids is 2. The fourth-order valence-electron chi connectivity index (χ4n) is 4.43. The molecule has 0 aromatic heterocycles. The van der Waals surface area contributed by atoms with Gasteiger partial charge >= 0.3 is 0 Å². The monoisotopic (exact) mass is 425 g/mol. The lowest BCUT2D eigenvalue weighted by atomic mass is 10.1. The smallest absolute Gasteiger partial charge is 0.231 e. The topological polar surface area (TPSA) is 62.3 Å². The van der Waals surface area contributed by atoms with Crippen LogP contribution in [0.1, 0.15) is 12.0 Å². The predicted molar refractivity (Wildman–Crippen MR) is 111 cm³/mol. The number of hydrogen-bond donors (Lipinski definition) is 0. The van der Waals surface area contributed by atoms with Crippen molar-refractivity contribution >= 4 is 17.5 Å². The van der Waals surface area contributed by atoms with Gasteiger partial charge in [-0.15, -0.1) is 0 Å². The van der Waals surface area contributed by atoms with E-state index in [0.29, 0.717) is 25.3 Å². The van der Waals surface area contributed by atoms with Crippen LogP contribution >= 0.6 is 0 Å². The van der Waals surface area contributed by atoms with Crippen molar-refractivity contribution < 1.29 is 23.5 Å². The van der Waals surface area contributed by atoms with Crippen LogP contribution in [0, 0.1) is 11.7 Å². The Balaban J connectivity index is 1.15. The maximum absolute atomic E-state index is 13.2. The summed E-state index contributed by atoms with van der Waals surface area (Å²) in [5.41, 5.74) is 1.79. The van der Waals surface area contributed by atoms with Crippen molar-refractivity contribution in [1.29, 1.82) is 0 Å². The second-order valence-electron chi connectivity index (χ2n) is 8.17. The molecule has 0 radical (unpaired) electrons. The third kappa shape index (κ3) is 4.07. The zero-order valence-electron chi connectivity index (χ0n) is 17.1. The van der Waals surface area contributed by atoms with Gasteiger partial charge < -0.3 is 19.3 Å². The predicted octanol–water partition coefficient (Wildman–Crippen LogP) is 2.25. The minimum atomic E-state index is -0.349. The summed E-state index contributed by atoms with van der Waals surface area (Å²) in [5, 5.41) is 0. The van der Waals surface area contributed by atoms with Crippen molar-refractivity contribution in [2.24, 2.45) is 5.92 Å². The first-order valence-corrected chi connectivity index (χ1v) is 10.5. The quantitative estimate of drug-likeness (QED) is 0.752. The van der Waals surface area contributed by atoms with Crippen LogP contribution in [-0.4, -0.2) is 61.1 Å². The first kappa shape index (κ1) is 19.8. The van der Waals surface area contributed by atoms with E-state index in [1.165, 1.54) is 12.1 Å². The number of benzene rings is 2. The van der Waals surface area contributed by atoms with Gasteiger partial charge in [-0.2, -0.15) is 0 Å². The van der Waals surface area contributed by atoms with Crippen LogP contribution in [0.5, 0.6) is 11.5 Å². The Morgan fingerprint density at radius 2 is 1.74 bits per heavy atom. The Morgan fingerprint density at radius 3 is 2.52 bits per heavy atom. The first-order chi connectivity index (χ1) is 15.1. The largest absolute Gasteiger partial charge is 0.454 e. The summed E-state index contributed by atoms with van der Waals surface area (Å²) in [4.78, 5) is 31.2. The highest BCUT2D eigenvalue weighted by molar-refractivity contribution is 6.00. The molecule has 5 rings (SSSR count). The lowest BCUT2D eigenvalue weighted by Crippen LogP contribution is -2.50. The van der Waals surface area contributed by atoms with Crippen LogP contribution in [0.2, 0.25) is 0 Å². The normalized spacial score (nSPS) is 21.1. The highest BCUT2D eigenvalue weighted by Gasteiger charge is 2.38.